The third kappa shape index (κ3) is 2.79. The van der Waals surface area contributed by atoms with Crippen LogP contribution in [0.4, 0.5) is 4.39 Å². The van der Waals surface area contributed by atoms with Gasteiger partial charge in [0.05, 0.1) is 0 Å². The molecule has 0 unspecified atom stereocenters. The van der Waals surface area contributed by atoms with E-state index >= 15 is 0 Å². The Morgan fingerprint density at radius 2 is 2.00 bits per heavy atom. The molecule has 0 heterocycles. The van der Waals surface area contributed by atoms with Crippen molar-refractivity contribution < 1.29 is 4.39 Å². The molecule has 0 bridgehead atoms. The summed E-state index contributed by atoms with van der Waals surface area (Å²) in [5, 5.41) is 2.83. The maximum Gasteiger partial charge on any atom is 0.138 e. The highest BCUT2D eigenvalue weighted by Gasteiger charge is 1.97. The van der Waals surface area contributed by atoms with Crippen LogP contribution >= 0.6 is 24.0 Å². The topological polar surface area (TPSA) is 12.0 Å². The Balaban J connectivity index is 2.64. The van der Waals surface area contributed by atoms with Crippen LogP contribution in [-0.2, 0) is 0 Å². The standard InChI is InChI=1S/C8H8FNS2/c1-10-8(11)12-7-4-2-6(9)3-5-7/h2-5H,1H3,(H,10,11). The number of rotatable bonds is 1. The normalized spacial score (nSPS) is 9.50. The van der Waals surface area contributed by atoms with Gasteiger partial charge in [-0.1, -0.05) is 24.0 Å². The second kappa shape index (κ2) is 4.42. The molecule has 64 valence electrons. The van der Waals surface area contributed by atoms with Gasteiger partial charge in [-0.25, -0.2) is 4.39 Å². The van der Waals surface area contributed by atoms with Gasteiger partial charge in [-0.2, -0.15) is 0 Å². The summed E-state index contributed by atoms with van der Waals surface area (Å²) in [5.41, 5.74) is 0. The first kappa shape index (κ1) is 9.48. The molecule has 0 saturated carbocycles. The fourth-order valence-electron chi connectivity index (χ4n) is 0.661. The smallest absolute Gasteiger partial charge is 0.138 e. The maximum absolute atomic E-state index is 12.4. The molecule has 0 aromatic heterocycles. The van der Waals surface area contributed by atoms with E-state index in [0.717, 1.165) is 4.90 Å². The van der Waals surface area contributed by atoms with Crippen molar-refractivity contribution in [2.75, 3.05) is 7.05 Å². The molecule has 1 aromatic rings. The van der Waals surface area contributed by atoms with E-state index in [4.69, 9.17) is 12.2 Å². The molecule has 12 heavy (non-hydrogen) atoms. The van der Waals surface area contributed by atoms with Gasteiger partial charge in [-0.3, -0.25) is 0 Å². The van der Waals surface area contributed by atoms with Crippen LogP contribution in [0.3, 0.4) is 0 Å². The van der Waals surface area contributed by atoms with Gasteiger partial charge in [0.25, 0.3) is 0 Å². The fourth-order valence-corrected chi connectivity index (χ4v) is 1.54. The third-order valence-electron chi connectivity index (χ3n) is 1.23. The molecule has 0 atom stereocenters. The molecule has 0 fully saturated rings. The minimum atomic E-state index is -0.227. The van der Waals surface area contributed by atoms with Crippen molar-refractivity contribution in [3.63, 3.8) is 0 Å². The second-order valence-electron chi connectivity index (χ2n) is 2.09. The van der Waals surface area contributed by atoms with Gasteiger partial charge in [-0.15, -0.1) is 0 Å². The first-order chi connectivity index (χ1) is 5.72. The summed E-state index contributed by atoms with van der Waals surface area (Å²) in [6.45, 7) is 0. The molecule has 1 rings (SSSR count). The molecule has 0 spiro atoms. The second-order valence-corrected chi connectivity index (χ2v) is 3.84. The lowest BCUT2D eigenvalue weighted by Crippen LogP contribution is -2.10. The van der Waals surface area contributed by atoms with Crippen LogP contribution in [0.2, 0.25) is 0 Å². The van der Waals surface area contributed by atoms with Crippen molar-refractivity contribution in [3.05, 3.63) is 30.1 Å². The molecule has 0 amide bonds. The highest BCUT2D eigenvalue weighted by Crippen LogP contribution is 2.18. The number of hydrogen-bond acceptors (Lipinski definition) is 2. The summed E-state index contributed by atoms with van der Waals surface area (Å²) < 4.78 is 13.1. The molecular formula is C8H8FNS2. The lowest BCUT2D eigenvalue weighted by Gasteiger charge is -2.01. The van der Waals surface area contributed by atoms with E-state index in [-0.39, 0.29) is 5.82 Å². The molecule has 1 aromatic carbocycles. The zero-order valence-corrected chi connectivity index (χ0v) is 8.14. The summed E-state index contributed by atoms with van der Waals surface area (Å²) >= 11 is 6.33. The first-order valence-corrected chi connectivity index (χ1v) is 4.60. The molecule has 4 heteroatoms. The van der Waals surface area contributed by atoms with Crippen LogP contribution in [0.25, 0.3) is 0 Å². The number of thiocarbonyl (C=S) groups is 1. The average molecular weight is 201 g/mol. The van der Waals surface area contributed by atoms with E-state index in [0.29, 0.717) is 4.32 Å². The summed E-state index contributed by atoms with van der Waals surface area (Å²) in [5.74, 6) is -0.227. The number of nitrogens with one attached hydrogen (secondary N) is 1. The van der Waals surface area contributed by atoms with Gasteiger partial charge < -0.3 is 5.32 Å². The van der Waals surface area contributed by atoms with Crippen molar-refractivity contribution in [1.82, 2.24) is 5.32 Å². The first-order valence-electron chi connectivity index (χ1n) is 3.37. The average Bonchev–Trinajstić information content (AvgIpc) is 2.09. The molecule has 0 aliphatic carbocycles. The largest absolute Gasteiger partial charge is 0.374 e. The van der Waals surface area contributed by atoms with E-state index in [1.807, 2.05) is 0 Å². The molecule has 0 aliphatic heterocycles. The molecule has 0 saturated heterocycles. The monoisotopic (exact) mass is 201 g/mol. The maximum atomic E-state index is 12.4. The molecule has 1 nitrogen and oxygen atoms in total. The van der Waals surface area contributed by atoms with Crippen molar-refractivity contribution >= 4 is 28.3 Å². The predicted molar refractivity (Wildman–Crippen MR) is 53.9 cm³/mol. The van der Waals surface area contributed by atoms with Crippen molar-refractivity contribution in [2.45, 2.75) is 4.90 Å². The zero-order valence-electron chi connectivity index (χ0n) is 6.50. The number of hydrogen-bond donors (Lipinski definition) is 1. The van der Waals surface area contributed by atoms with E-state index in [2.05, 4.69) is 5.32 Å². The van der Waals surface area contributed by atoms with Crippen molar-refractivity contribution in [1.29, 1.82) is 0 Å². The van der Waals surface area contributed by atoms with Crippen LogP contribution in [-0.4, -0.2) is 11.4 Å². The highest BCUT2D eigenvalue weighted by atomic mass is 32.2. The summed E-state index contributed by atoms with van der Waals surface area (Å²) in [6.07, 6.45) is 0. The van der Waals surface area contributed by atoms with Gasteiger partial charge in [0.15, 0.2) is 0 Å². The van der Waals surface area contributed by atoms with Gasteiger partial charge in [-0.05, 0) is 24.3 Å². The van der Waals surface area contributed by atoms with Crippen LogP contribution < -0.4 is 5.32 Å². The lowest BCUT2D eigenvalue weighted by molar-refractivity contribution is 0.626. The Morgan fingerprint density at radius 1 is 1.42 bits per heavy atom. The molecule has 0 radical (unpaired) electrons. The van der Waals surface area contributed by atoms with Crippen molar-refractivity contribution in [2.24, 2.45) is 0 Å². The van der Waals surface area contributed by atoms with Crippen LogP contribution in [0.15, 0.2) is 29.2 Å². The number of halogens is 1. The molecule has 0 aliphatic rings. The summed E-state index contributed by atoms with van der Waals surface area (Å²) in [6, 6.07) is 6.23. The fraction of sp³-hybridized carbons (Fsp3) is 0.125. The van der Waals surface area contributed by atoms with Crippen LogP contribution in [0.5, 0.6) is 0 Å². The predicted octanol–water partition coefficient (Wildman–Crippen LogP) is 2.42. The summed E-state index contributed by atoms with van der Waals surface area (Å²) in [7, 11) is 1.76. The van der Waals surface area contributed by atoms with E-state index in [9.17, 15) is 4.39 Å². The van der Waals surface area contributed by atoms with Gasteiger partial charge >= 0.3 is 0 Å². The Hall–Kier alpha value is -0.610. The quantitative estimate of drug-likeness (QED) is 0.553. The Labute approximate surface area is 80.4 Å². The highest BCUT2D eigenvalue weighted by molar-refractivity contribution is 8.23. The lowest BCUT2D eigenvalue weighted by atomic mass is 10.4. The minimum Gasteiger partial charge on any atom is -0.374 e. The van der Waals surface area contributed by atoms with Gasteiger partial charge in [0.2, 0.25) is 0 Å². The van der Waals surface area contributed by atoms with Crippen molar-refractivity contribution in [3.8, 4) is 0 Å². The number of thioether (sulfide) groups is 1. The Morgan fingerprint density at radius 3 is 2.50 bits per heavy atom. The molecular weight excluding hydrogens is 193 g/mol. The SMILES string of the molecule is CNC(=S)Sc1ccc(F)cc1. The van der Waals surface area contributed by atoms with Crippen LogP contribution in [0, 0.1) is 5.82 Å². The Bertz CT molecular complexity index is 271. The third-order valence-corrected chi connectivity index (χ3v) is 2.58. The van der Waals surface area contributed by atoms with Gasteiger partial charge in [0, 0.05) is 11.9 Å². The summed E-state index contributed by atoms with van der Waals surface area (Å²) in [4.78, 5) is 0.941. The molecule has 1 N–H and O–H groups in total. The number of benzene rings is 1. The Kier molecular flexibility index (Phi) is 3.49. The van der Waals surface area contributed by atoms with E-state index < -0.39 is 0 Å². The van der Waals surface area contributed by atoms with Gasteiger partial charge in [0.1, 0.15) is 10.1 Å². The van der Waals surface area contributed by atoms with E-state index in [1.54, 1.807) is 19.2 Å². The van der Waals surface area contributed by atoms with E-state index in [1.165, 1.54) is 23.9 Å². The minimum absolute atomic E-state index is 0.227. The zero-order chi connectivity index (χ0) is 8.97. The van der Waals surface area contributed by atoms with Crippen LogP contribution in [0.1, 0.15) is 0 Å².